The highest BCUT2D eigenvalue weighted by atomic mass is 16.5. The van der Waals surface area contributed by atoms with E-state index in [2.05, 4.69) is 10.3 Å². The van der Waals surface area contributed by atoms with Crippen molar-refractivity contribution in [3.8, 4) is 0 Å². The summed E-state index contributed by atoms with van der Waals surface area (Å²) in [5, 5.41) is 4.06. The van der Waals surface area contributed by atoms with Crippen LogP contribution in [0.4, 0.5) is 0 Å². The van der Waals surface area contributed by atoms with Gasteiger partial charge < -0.3 is 15.0 Å². The Morgan fingerprint density at radius 2 is 2.17 bits per heavy atom. The number of aromatic amines is 1. The van der Waals surface area contributed by atoms with E-state index in [1.165, 1.54) is 25.7 Å². The van der Waals surface area contributed by atoms with Crippen molar-refractivity contribution in [2.45, 2.75) is 57.2 Å². The molecule has 1 aromatic carbocycles. The summed E-state index contributed by atoms with van der Waals surface area (Å²) in [6.45, 7) is 2.63. The van der Waals surface area contributed by atoms with Gasteiger partial charge in [0.05, 0.1) is 17.3 Å². The Hall–Kier alpha value is -1.81. The van der Waals surface area contributed by atoms with Crippen molar-refractivity contribution in [1.29, 1.82) is 0 Å². The Bertz CT molecular complexity index is 730. The number of aryl methyl sites for hydroxylation is 1. The van der Waals surface area contributed by atoms with E-state index >= 15 is 0 Å². The second-order valence-electron chi connectivity index (χ2n) is 7.03. The van der Waals surface area contributed by atoms with E-state index in [1.54, 1.807) is 0 Å². The van der Waals surface area contributed by atoms with Gasteiger partial charge in [0, 0.05) is 23.1 Å². The van der Waals surface area contributed by atoms with Gasteiger partial charge in [-0.25, -0.2) is 0 Å². The maximum absolute atomic E-state index is 12.5. The van der Waals surface area contributed by atoms with Gasteiger partial charge in [-0.3, -0.25) is 4.79 Å². The minimum Gasteiger partial charge on any atom is -0.372 e. The number of aromatic nitrogens is 1. The zero-order valence-corrected chi connectivity index (χ0v) is 13.7. The first kappa shape index (κ1) is 14.8. The van der Waals surface area contributed by atoms with Gasteiger partial charge in [-0.15, -0.1) is 0 Å². The van der Waals surface area contributed by atoms with Gasteiger partial charge in [-0.05, 0) is 51.5 Å². The minimum absolute atomic E-state index is 0.0105. The average molecular weight is 312 g/mol. The summed E-state index contributed by atoms with van der Waals surface area (Å²) in [5.41, 5.74) is 2.92. The van der Waals surface area contributed by atoms with Crippen molar-refractivity contribution in [1.82, 2.24) is 10.3 Å². The molecule has 1 spiro atoms. The lowest BCUT2D eigenvalue weighted by molar-refractivity contribution is -0.0920. The summed E-state index contributed by atoms with van der Waals surface area (Å²) in [5.74, 6) is 0.0105. The highest BCUT2D eigenvalue weighted by Crippen LogP contribution is 2.46. The highest BCUT2D eigenvalue weighted by molar-refractivity contribution is 6.08. The number of benzene rings is 1. The topological polar surface area (TPSA) is 54.1 Å². The van der Waals surface area contributed by atoms with E-state index in [0.29, 0.717) is 12.6 Å². The number of H-pyrrole nitrogens is 1. The first-order valence-corrected chi connectivity index (χ1v) is 8.70. The third-order valence-corrected chi connectivity index (χ3v) is 5.48. The second-order valence-corrected chi connectivity index (χ2v) is 7.03. The molecule has 1 unspecified atom stereocenters. The zero-order chi connectivity index (χ0) is 15.9. The fraction of sp³-hybridized carbons (Fsp3) is 0.526. The molecule has 122 valence electrons. The van der Waals surface area contributed by atoms with Crippen LogP contribution in [0, 0.1) is 6.92 Å². The molecule has 1 amide bonds. The molecule has 0 bridgehead atoms. The van der Waals surface area contributed by atoms with Crippen LogP contribution in [0.3, 0.4) is 0 Å². The Balaban J connectivity index is 1.35. The quantitative estimate of drug-likeness (QED) is 0.904. The molecule has 1 atom stereocenters. The number of carbonyl (C=O) groups excluding carboxylic acids is 1. The number of para-hydroxylation sites is 1. The minimum atomic E-state index is 0.0105. The van der Waals surface area contributed by atoms with Gasteiger partial charge in [0.25, 0.3) is 5.91 Å². The lowest BCUT2D eigenvalue weighted by Crippen LogP contribution is -2.37. The molecule has 1 saturated heterocycles. The molecule has 1 aromatic heterocycles. The number of carbonyl (C=O) groups is 1. The molecule has 0 radical (unpaired) electrons. The van der Waals surface area contributed by atoms with Crippen LogP contribution in [-0.4, -0.2) is 29.1 Å². The molecule has 4 nitrogen and oxygen atoms in total. The van der Waals surface area contributed by atoms with Crippen LogP contribution in [0.25, 0.3) is 10.9 Å². The van der Waals surface area contributed by atoms with Crippen LogP contribution in [0.2, 0.25) is 0 Å². The summed E-state index contributed by atoms with van der Waals surface area (Å²) in [6, 6.07) is 7.95. The van der Waals surface area contributed by atoms with Crippen LogP contribution in [0.1, 0.15) is 54.6 Å². The van der Waals surface area contributed by atoms with Crippen molar-refractivity contribution in [2.24, 2.45) is 0 Å². The van der Waals surface area contributed by atoms with Crippen molar-refractivity contribution >= 4 is 16.8 Å². The summed E-state index contributed by atoms with van der Waals surface area (Å²) in [4.78, 5) is 15.8. The van der Waals surface area contributed by atoms with Crippen molar-refractivity contribution in [2.75, 3.05) is 6.54 Å². The van der Waals surface area contributed by atoms with Gasteiger partial charge in [0.1, 0.15) is 0 Å². The lowest BCUT2D eigenvalue weighted by atomic mass is 9.78. The van der Waals surface area contributed by atoms with Crippen LogP contribution >= 0.6 is 0 Å². The van der Waals surface area contributed by atoms with Crippen LogP contribution in [0.5, 0.6) is 0 Å². The van der Waals surface area contributed by atoms with Gasteiger partial charge in [-0.2, -0.15) is 0 Å². The number of nitrogens with one attached hydrogen (secondary N) is 2. The maximum Gasteiger partial charge on any atom is 0.253 e. The Labute approximate surface area is 136 Å². The Morgan fingerprint density at radius 3 is 2.91 bits per heavy atom. The average Bonchev–Trinajstić information content (AvgIpc) is 3.07. The highest BCUT2D eigenvalue weighted by Gasteiger charge is 2.44. The molecule has 2 aliphatic rings. The van der Waals surface area contributed by atoms with Gasteiger partial charge in [0.2, 0.25) is 0 Å². The van der Waals surface area contributed by atoms with E-state index in [-0.39, 0.29) is 11.5 Å². The normalized spacial score (nSPS) is 22.4. The monoisotopic (exact) mass is 312 g/mol. The number of fused-ring (bicyclic) bond motifs is 1. The van der Waals surface area contributed by atoms with Gasteiger partial charge >= 0.3 is 0 Å². The van der Waals surface area contributed by atoms with Crippen molar-refractivity contribution < 1.29 is 9.53 Å². The largest absolute Gasteiger partial charge is 0.372 e. The molecule has 2 fully saturated rings. The molecule has 2 N–H and O–H groups in total. The van der Waals surface area contributed by atoms with E-state index in [1.807, 2.05) is 31.2 Å². The smallest absolute Gasteiger partial charge is 0.253 e. The second kappa shape index (κ2) is 5.68. The molecule has 1 saturated carbocycles. The van der Waals surface area contributed by atoms with E-state index in [4.69, 9.17) is 4.74 Å². The summed E-state index contributed by atoms with van der Waals surface area (Å²) in [6.07, 6.45) is 7.34. The molecule has 2 heterocycles. The van der Waals surface area contributed by atoms with Crippen LogP contribution in [0.15, 0.2) is 24.3 Å². The number of rotatable bonds is 4. The molecule has 1 aliphatic heterocycles. The summed E-state index contributed by atoms with van der Waals surface area (Å²) in [7, 11) is 0. The van der Waals surface area contributed by atoms with Crippen molar-refractivity contribution in [3.63, 3.8) is 0 Å². The maximum atomic E-state index is 12.5. The molecule has 23 heavy (non-hydrogen) atoms. The molecular weight excluding hydrogens is 288 g/mol. The zero-order valence-electron chi connectivity index (χ0n) is 13.7. The molecule has 4 heteroatoms. The first-order valence-electron chi connectivity index (χ1n) is 8.70. The predicted octanol–water partition coefficient (Wildman–Crippen LogP) is 3.70. The Morgan fingerprint density at radius 1 is 1.35 bits per heavy atom. The molecule has 1 aliphatic carbocycles. The van der Waals surface area contributed by atoms with E-state index in [9.17, 15) is 4.79 Å². The van der Waals surface area contributed by atoms with E-state index < -0.39 is 0 Å². The standard InChI is InChI=1S/C19H24N2O2/c1-13-17(15-5-2-3-6-16(15)21-13)18(22)20-12-8-14-7-11-19(23-14)9-4-10-19/h2-3,5-6,14,21H,4,7-12H2,1H3,(H,20,22). The fourth-order valence-corrected chi connectivity index (χ4v) is 4.04. The Kier molecular flexibility index (Phi) is 3.64. The molecule has 2 aromatic rings. The van der Waals surface area contributed by atoms with Gasteiger partial charge in [-0.1, -0.05) is 18.2 Å². The molecular formula is C19H24N2O2. The number of ether oxygens (including phenoxy) is 1. The predicted molar refractivity (Wildman–Crippen MR) is 90.7 cm³/mol. The SMILES string of the molecule is Cc1[nH]c2ccccc2c1C(=O)NCCC1CCC2(CCC2)O1. The third kappa shape index (κ3) is 2.65. The van der Waals surface area contributed by atoms with E-state index in [0.717, 1.165) is 35.0 Å². The van der Waals surface area contributed by atoms with Gasteiger partial charge in [0.15, 0.2) is 0 Å². The molecule has 4 rings (SSSR count). The number of hydrogen-bond donors (Lipinski definition) is 2. The first-order chi connectivity index (χ1) is 11.2. The lowest BCUT2D eigenvalue weighted by Gasteiger charge is -2.38. The van der Waals surface area contributed by atoms with Crippen molar-refractivity contribution in [3.05, 3.63) is 35.5 Å². The summed E-state index contributed by atoms with van der Waals surface area (Å²) < 4.78 is 6.19. The van der Waals surface area contributed by atoms with Crippen LogP contribution < -0.4 is 5.32 Å². The third-order valence-electron chi connectivity index (χ3n) is 5.48. The fourth-order valence-electron chi connectivity index (χ4n) is 4.04. The number of amides is 1. The number of hydrogen-bond acceptors (Lipinski definition) is 2. The van der Waals surface area contributed by atoms with Crippen LogP contribution in [-0.2, 0) is 4.74 Å². The summed E-state index contributed by atoms with van der Waals surface area (Å²) >= 11 is 0.